The summed E-state index contributed by atoms with van der Waals surface area (Å²) in [5.74, 6) is -0.608. The Bertz CT molecular complexity index is 157. The van der Waals surface area contributed by atoms with Crippen LogP contribution in [0, 0.1) is 6.42 Å². The van der Waals surface area contributed by atoms with Crippen LogP contribution < -0.4 is 5.73 Å². The molecular formula is C7H12NO3. The lowest BCUT2D eigenvalue weighted by atomic mass is 10.0. The number of hydrogen-bond donors (Lipinski definition) is 2. The van der Waals surface area contributed by atoms with Gasteiger partial charge in [-0.3, -0.25) is 9.59 Å². The minimum Gasteiger partial charge on any atom is -0.375 e. The molecule has 4 heteroatoms. The van der Waals surface area contributed by atoms with Crippen LogP contribution in [0.15, 0.2) is 0 Å². The molecule has 3 N–H and O–H groups in total. The van der Waals surface area contributed by atoms with Crippen molar-refractivity contribution in [2.24, 2.45) is 5.73 Å². The van der Waals surface area contributed by atoms with Crippen LogP contribution in [0.1, 0.15) is 20.3 Å². The van der Waals surface area contributed by atoms with Gasteiger partial charge >= 0.3 is 0 Å². The molecule has 0 bridgehead atoms. The number of nitrogens with two attached hydrogens (primary N) is 1. The molecule has 0 aliphatic rings. The van der Waals surface area contributed by atoms with Gasteiger partial charge in [-0.25, -0.2) is 0 Å². The van der Waals surface area contributed by atoms with Crippen LogP contribution in [0.5, 0.6) is 0 Å². The molecule has 0 aromatic heterocycles. The van der Waals surface area contributed by atoms with Gasteiger partial charge in [0.05, 0.1) is 6.42 Å². The van der Waals surface area contributed by atoms with E-state index in [4.69, 9.17) is 10.8 Å². The molecule has 63 valence electrons. The van der Waals surface area contributed by atoms with Crippen LogP contribution >= 0.6 is 0 Å². The van der Waals surface area contributed by atoms with Gasteiger partial charge < -0.3 is 10.8 Å². The Morgan fingerprint density at radius 1 is 1.55 bits per heavy atom. The quantitative estimate of drug-likeness (QED) is 0.536. The summed E-state index contributed by atoms with van der Waals surface area (Å²) in [4.78, 5) is 20.9. The number of carbonyl (C=O) groups is 2. The van der Waals surface area contributed by atoms with Crippen molar-refractivity contribution in [2.45, 2.75) is 26.0 Å². The summed E-state index contributed by atoms with van der Waals surface area (Å²) in [5, 5.41) is 9.14. The van der Waals surface area contributed by atoms with Crippen molar-refractivity contribution in [3.8, 4) is 0 Å². The van der Waals surface area contributed by atoms with E-state index < -0.39 is 5.72 Å². The van der Waals surface area contributed by atoms with Gasteiger partial charge in [-0.05, 0) is 13.8 Å². The largest absolute Gasteiger partial charge is 0.375 e. The molecule has 1 radical (unpaired) electrons. The van der Waals surface area contributed by atoms with Gasteiger partial charge in [-0.15, -0.1) is 0 Å². The fourth-order valence-electron chi connectivity index (χ4n) is 0.802. The zero-order chi connectivity index (χ0) is 9.07. The zero-order valence-corrected chi connectivity index (χ0v) is 6.63. The molecule has 0 saturated carbocycles. The Kier molecular flexibility index (Phi) is 3.35. The molecule has 0 rings (SSSR count). The molecular weight excluding hydrogens is 146 g/mol. The van der Waals surface area contributed by atoms with E-state index in [-0.39, 0.29) is 18.0 Å². The fourth-order valence-corrected chi connectivity index (χ4v) is 0.802. The molecule has 0 aromatic carbocycles. The molecule has 0 aromatic rings. The zero-order valence-electron chi connectivity index (χ0n) is 6.63. The summed E-state index contributed by atoms with van der Waals surface area (Å²) in [5.41, 5.74) is 3.40. The number of Topliss-reactive ketones (excluding diaryl/α,β-unsaturated/α-hetero) is 2. The smallest absolute Gasteiger partial charge is 0.138 e. The van der Waals surface area contributed by atoms with Gasteiger partial charge in [-0.1, -0.05) is 0 Å². The number of carbonyl (C=O) groups excluding carboxylic acids is 2. The average molecular weight is 158 g/mol. The van der Waals surface area contributed by atoms with Gasteiger partial charge in [0.1, 0.15) is 17.3 Å². The predicted molar refractivity (Wildman–Crippen MR) is 39.4 cm³/mol. The first-order chi connectivity index (χ1) is 4.83. The lowest BCUT2D eigenvalue weighted by Crippen LogP contribution is -2.43. The molecule has 4 nitrogen and oxygen atoms in total. The van der Waals surface area contributed by atoms with Crippen LogP contribution in [0.4, 0.5) is 0 Å². The van der Waals surface area contributed by atoms with E-state index in [1.165, 1.54) is 13.8 Å². The summed E-state index contributed by atoms with van der Waals surface area (Å²) in [6.07, 6.45) is 0.695. The summed E-state index contributed by atoms with van der Waals surface area (Å²) in [7, 11) is 0. The molecule has 0 spiro atoms. The van der Waals surface area contributed by atoms with E-state index >= 15 is 0 Å². The van der Waals surface area contributed by atoms with E-state index in [2.05, 4.69) is 0 Å². The van der Waals surface area contributed by atoms with Crippen LogP contribution in [0.2, 0.25) is 0 Å². The highest BCUT2D eigenvalue weighted by Crippen LogP contribution is 2.07. The molecule has 11 heavy (non-hydrogen) atoms. The molecule has 0 heterocycles. The fraction of sp³-hybridized carbons (Fsp3) is 0.571. The Morgan fingerprint density at radius 3 is 2.27 bits per heavy atom. The van der Waals surface area contributed by atoms with Crippen molar-refractivity contribution in [2.75, 3.05) is 0 Å². The number of hydrogen-bond acceptors (Lipinski definition) is 4. The van der Waals surface area contributed by atoms with Gasteiger partial charge in [0.15, 0.2) is 0 Å². The molecule has 0 saturated heterocycles. The first-order valence-electron chi connectivity index (χ1n) is 3.20. The van der Waals surface area contributed by atoms with E-state index in [9.17, 15) is 9.59 Å². The lowest BCUT2D eigenvalue weighted by Gasteiger charge is -2.18. The summed E-state index contributed by atoms with van der Waals surface area (Å²) in [6, 6.07) is 0. The van der Waals surface area contributed by atoms with Crippen molar-refractivity contribution in [3.05, 3.63) is 6.42 Å². The highest BCUT2D eigenvalue weighted by molar-refractivity contribution is 5.87. The second-order valence-corrected chi connectivity index (χ2v) is 2.63. The number of ketones is 2. The highest BCUT2D eigenvalue weighted by atomic mass is 16.3. The summed E-state index contributed by atoms with van der Waals surface area (Å²) >= 11 is 0. The van der Waals surface area contributed by atoms with Crippen LogP contribution in [-0.4, -0.2) is 22.4 Å². The third kappa shape index (κ3) is 5.69. The Labute approximate surface area is 65.4 Å². The number of aliphatic hydroxyl groups is 1. The first kappa shape index (κ1) is 10.3. The second-order valence-electron chi connectivity index (χ2n) is 2.63. The predicted octanol–water partition coefficient (Wildman–Crippen LogP) is -0.594. The SMILES string of the molecule is CC(=O)[CH]C(N)(O)CC(C)=O. The standard InChI is InChI=1S/C7H12NO3/c1-5(9)3-7(8,11)4-6(2)10/h3,11H,4,8H2,1-2H3. The molecule has 1 unspecified atom stereocenters. The van der Waals surface area contributed by atoms with Gasteiger partial charge in [-0.2, -0.15) is 0 Å². The van der Waals surface area contributed by atoms with Crippen LogP contribution in [0.25, 0.3) is 0 Å². The first-order valence-corrected chi connectivity index (χ1v) is 3.20. The van der Waals surface area contributed by atoms with Crippen LogP contribution in [0.3, 0.4) is 0 Å². The minimum atomic E-state index is -1.78. The Balaban J connectivity index is 3.99. The van der Waals surface area contributed by atoms with E-state index in [1.54, 1.807) is 0 Å². The molecule has 0 aliphatic heterocycles. The van der Waals surface area contributed by atoms with Gasteiger partial charge in [0, 0.05) is 6.42 Å². The normalized spacial score (nSPS) is 11.3. The van der Waals surface area contributed by atoms with E-state index in [0.29, 0.717) is 0 Å². The summed E-state index contributed by atoms with van der Waals surface area (Å²) in [6.45, 7) is 2.56. The third-order valence-corrected chi connectivity index (χ3v) is 0.985. The Hall–Kier alpha value is -0.740. The van der Waals surface area contributed by atoms with Crippen molar-refractivity contribution >= 4 is 11.6 Å². The maximum Gasteiger partial charge on any atom is 0.138 e. The maximum absolute atomic E-state index is 10.5. The lowest BCUT2D eigenvalue weighted by molar-refractivity contribution is -0.122. The van der Waals surface area contributed by atoms with Crippen LogP contribution in [-0.2, 0) is 9.59 Å². The molecule has 1 atom stereocenters. The Morgan fingerprint density at radius 2 is 2.00 bits per heavy atom. The highest BCUT2D eigenvalue weighted by Gasteiger charge is 2.25. The van der Waals surface area contributed by atoms with Crippen molar-refractivity contribution in [1.82, 2.24) is 0 Å². The average Bonchev–Trinajstić information content (AvgIpc) is 1.53. The van der Waals surface area contributed by atoms with Crippen molar-refractivity contribution in [1.29, 1.82) is 0 Å². The molecule has 0 fully saturated rings. The number of rotatable bonds is 4. The van der Waals surface area contributed by atoms with Gasteiger partial charge in [0.2, 0.25) is 0 Å². The monoisotopic (exact) mass is 158 g/mol. The molecule has 0 amide bonds. The van der Waals surface area contributed by atoms with Gasteiger partial charge in [0.25, 0.3) is 0 Å². The minimum absolute atomic E-state index is 0.230. The topological polar surface area (TPSA) is 80.4 Å². The van der Waals surface area contributed by atoms with E-state index in [1.807, 2.05) is 0 Å². The molecule has 0 aliphatic carbocycles. The maximum atomic E-state index is 10.5. The summed E-state index contributed by atoms with van der Waals surface area (Å²) < 4.78 is 0. The second kappa shape index (κ2) is 3.59. The van der Waals surface area contributed by atoms with Crippen molar-refractivity contribution in [3.63, 3.8) is 0 Å². The van der Waals surface area contributed by atoms with Crippen molar-refractivity contribution < 1.29 is 14.7 Å². The van der Waals surface area contributed by atoms with E-state index in [0.717, 1.165) is 6.42 Å². The third-order valence-electron chi connectivity index (χ3n) is 0.985.